The van der Waals surface area contributed by atoms with E-state index in [1.54, 1.807) is 11.0 Å². The second-order valence-corrected chi connectivity index (χ2v) is 6.51. The minimum atomic E-state index is -3.78. The maximum atomic E-state index is 14.1. The molecule has 2 aliphatic rings. The lowest BCUT2D eigenvalue weighted by atomic mass is 9.75. The van der Waals surface area contributed by atoms with Crippen molar-refractivity contribution < 1.29 is 27.9 Å². The number of hydrogen-bond donors (Lipinski definition) is 2. The third-order valence-corrected chi connectivity index (χ3v) is 4.94. The molecule has 1 saturated carbocycles. The van der Waals surface area contributed by atoms with E-state index >= 15 is 0 Å². The standard InChI is InChI=1S/C16H20F2N2O4/c17-16(18,15(23)5-1-6-15)14(22)19-12-2-7-20(8-3-12)13(21)11-4-9-24-10-11/h4,9-10,12,23H,1-3,5-8H2,(H,19,22). The van der Waals surface area contributed by atoms with Crippen molar-refractivity contribution in [3.8, 4) is 0 Å². The molecule has 2 fully saturated rings. The summed E-state index contributed by atoms with van der Waals surface area (Å²) in [6.07, 6.45) is 3.92. The molecule has 0 spiro atoms. The molecule has 0 unspecified atom stereocenters. The second-order valence-electron chi connectivity index (χ2n) is 6.51. The predicted molar refractivity (Wildman–Crippen MR) is 79.5 cm³/mol. The number of aliphatic hydroxyl groups is 1. The van der Waals surface area contributed by atoms with Crippen LogP contribution in [0.4, 0.5) is 8.78 Å². The number of amides is 2. The highest BCUT2D eigenvalue weighted by Crippen LogP contribution is 2.44. The second kappa shape index (κ2) is 6.16. The van der Waals surface area contributed by atoms with Gasteiger partial charge in [0.05, 0.1) is 11.8 Å². The van der Waals surface area contributed by atoms with E-state index in [4.69, 9.17) is 4.42 Å². The first-order valence-corrected chi connectivity index (χ1v) is 8.06. The van der Waals surface area contributed by atoms with E-state index in [9.17, 15) is 23.5 Å². The lowest BCUT2D eigenvalue weighted by Gasteiger charge is -2.42. The fraction of sp³-hybridized carbons (Fsp3) is 0.625. The molecule has 0 aromatic carbocycles. The summed E-state index contributed by atoms with van der Waals surface area (Å²) in [6, 6.07) is 1.14. The van der Waals surface area contributed by atoms with E-state index in [1.165, 1.54) is 12.5 Å². The number of carbonyl (C=O) groups excluding carboxylic acids is 2. The molecule has 2 heterocycles. The van der Waals surface area contributed by atoms with Crippen LogP contribution >= 0.6 is 0 Å². The number of nitrogens with one attached hydrogen (secondary N) is 1. The van der Waals surface area contributed by atoms with E-state index in [-0.39, 0.29) is 18.7 Å². The van der Waals surface area contributed by atoms with E-state index in [0.717, 1.165) is 0 Å². The maximum absolute atomic E-state index is 14.1. The maximum Gasteiger partial charge on any atom is 0.352 e. The number of rotatable bonds is 4. The Kier molecular flexibility index (Phi) is 4.33. The summed E-state index contributed by atoms with van der Waals surface area (Å²) in [4.78, 5) is 25.6. The minimum absolute atomic E-state index is 0.0644. The highest BCUT2D eigenvalue weighted by Gasteiger charge is 2.61. The number of furan rings is 1. The molecule has 24 heavy (non-hydrogen) atoms. The molecule has 1 saturated heterocycles. The Labute approximate surface area is 137 Å². The smallest absolute Gasteiger partial charge is 0.352 e. The lowest BCUT2D eigenvalue weighted by molar-refractivity contribution is -0.216. The van der Waals surface area contributed by atoms with Crippen LogP contribution in [0, 0.1) is 0 Å². The van der Waals surface area contributed by atoms with Crippen LogP contribution in [0.1, 0.15) is 42.5 Å². The Hall–Kier alpha value is -1.96. The van der Waals surface area contributed by atoms with Crippen LogP contribution in [-0.4, -0.2) is 52.5 Å². The quantitative estimate of drug-likeness (QED) is 0.870. The van der Waals surface area contributed by atoms with Crippen LogP contribution in [-0.2, 0) is 4.79 Å². The first-order valence-electron chi connectivity index (χ1n) is 8.06. The fourth-order valence-electron chi connectivity index (χ4n) is 3.11. The summed E-state index contributed by atoms with van der Waals surface area (Å²) in [5, 5.41) is 12.1. The van der Waals surface area contributed by atoms with Gasteiger partial charge in [0.1, 0.15) is 11.9 Å². The Morgan fingerprint density at radius 2 is 2.00 bits per heavy atom. The monoisotopic (exact) mass is 342 g/mol. The van der Waals surface area contributed by atoms with Gasteiger partial charge in [-0.1, -0.05) is 0 Å². The average molecular weight is 342 g/mol. The molecule has 1 aromatic heterocycles. The molecule has 3 rings (SSSR count). The SMILES string of the molecule is O=C(c1ccoc1)N1CCC(NC(=O)C(F)(F)C2(O)CCC2)CC1. The van der Waals surface area contributed by atoms with Gasteiger partial charge in [0.2, 0.25) is 0 Å². The number of halogens is 2. The van der Waals surface area contributed by atoms with E-state index in [2.05, 4.69) is 5.32 Å². The number of likely N-dealkylation sites (tertiary alicyclic amines) is 1. The van der Waals surface area contributed by atoms with Gasteiger partial charge in [0, 0.05) is 19.1 Å². The zero-order valence-corrected chi connectivity index (χ0v) is 13.1. The van der Waals surface area contributed by atoms with Crippen LogP contribution in [0.15, 0.2) is 23.0 Å². The lowest BCUT2D eigenvalue weighted by Crippen LogP contribution is -2.62. The molecule has 8 heteroatoms. The van der Waals surface area contributed by atoms with Crippen molar-refractivity contribution in [1.29, 1.82) is 0 Å². The van der Waals surface area contributed by atoms with Crippen molar-refractivity contribution in [2.75, 3.05) is 13.1 Å². The summed E-state index contributed by atoms with van der Waals surface area (Å²) in [5.74, 6) is -5.39. The molecular formula is C16H20F2N2O4. The summed E-state index contributed by atoms with van der Waals surface area (Å²) in [6.45, 7) is 0.732. The number of alkyl halides is 2. The van der Waals surface area contributed by atoms with E-state index in [0.29, 0.717) is 37.9 Å². The van der Waals surface area contributed by atoms with Crippen molar-refractivity contribution >= 4 is 11.8 Å². The molecule has 6 nitrogen and oxygen atoms in total. The molecule has 2 amide bonds. The molecule has 1 aromatic rings. The molecule has 0 radical (unpaired) electrons. The summed E-state index contributed by atoms with van der Waals surface area (Å²) in [7, 11) is 0. The van der Waals surface area contributed by atoms with E-state index in [1.807, 2.05) is 0 Å². The minimum Gasteiger partial charge on any atom is -0.472 e. The van der Waals surface area contributed by atoms with Gasteiger partial charge in [-0.05, 0) is 38.2 Å². The Morgan fingerprint density at radius 1 is 1.33 bits per heavy atom. The first kappa shape index (κ1) is 16.9. The topological polar surface area (TPSA) is 82.8 Å². The predicted octanol–water partition coefficient (Wildman–Crippen LogP) is 1.55. The van der Waals surface area contributed by atoms with Crippen LogP contribution < -0.4 is 5.32 Å². The number of carbonyl (C=O) groups is 2. The van der Waals surface area contributed by atoms with Crippen molar-refractivity contribution in [2.24, 2.45) is 0 Å². The Balaban J connectivity index is 1.52. The van der Waals surface area contributed by atoms with Gasteiger partial charge in [0.15, 0.2) is 0 Å². The molecule has 0 bridgehead atoms. The van der Waals surface area contributed by atoms with Crippen LogP contribution in [0.25, 0.3) is 0 Å². The van der Waals surface area contributed by atoms with Crippen molar-refractivity contribution in [1.82, 2.24) is 10.2 Å². The molecule has 132 valence electrons. The highest BCUT2D eigenvalue weighted by molar-refractivity contribution is 5.93. The molecular weight excluding hydrogens is 322 g/mol. The molecule has 1 aliphatic heterocycles. The zero-order valence-electron chi connectivity index (χ0n) is 13.1. The van der Waals surface area contributed by atoms with Gasteiger partial charge in [-0.3, -0.25) is 9.59 Å². The summed E-state index contributed by atoms with van der Waals surface area (Å²) in [5.41, 5.74) is -1.77. The highest BCUT2D eigenvalue weighted by atomic mass is 19.3. The Bertz CT molecular complexity index is 606. The number of hydrogen-bond acceptors (Lipinski definition) is 4. The van der Waals surface area contributed by atoms with Crippen molar-refractivity contribution in [3.63, 3.8) is 0 Å². The normalized spacial score (nSPS) is 21.2. The Morgan fingerprint density at radius 3 is 2.50 bits per heavy atom. The third kappa shape index (κ3) is 2.90. The summed E-state index contributed by atoms with van der Waals surface area (Å²) < 4.78 is 33.0. The largest absolute Gasteiger partial charge is 0.472 e. The zero-order chi connectivity index (χ0) is 17.4. The molecule has 1 aliphatic carbocycles. The molecule has 2 N–H and O–H groups in total. The first-order chi connectivity index (χ1) is 11.3. The van der Waals surface area contributed by atoms with Gasteiger partial charge < -0.3 is 19.7 Å². The molecule has 0 atom stereocenters. The van der Waals surface area contributed by atoms with Crippen LogP contribution in [0.3, 0.4) is 0 Å². The van der Waals surface area contributed by atoms with Crippen molar-refractivity contribution in [3.05, 3.63) is 24.2 Å². The van der Waals surface area contributed by atoms with Crippen molar-refractivity contribution in [2.45, 2.75) is 49.7 Å². The van der Waals surface area contributed by atoms with Gasteiger partial charge >= 0.3 is 5.92 Å². The number of nitrogens with zero attached hydrogens (tertiary/aromatic N) is 1. The van der Waals surface area contributed by atoms with Gasteiger partial charge in [0.25, 0.3) is 11.8 Å². The van der Waals surface area contributed by atoms with Gasteiger partial charge in [-0.2, -0.15) is 8.78 Å². The third-order valence-electron chi connectivity index (χ3n) is 4.94. The van der Waals surface area contributed by atoms with Gasteiger partial charge in [-0.15, -0.1) is 0 Å². The summed E-state index contributed by atoms with van der Waals surface area (Å²) >= 11 is 0. The average Bonchev–Trinajstić information content (AvgIpc) is 3.06. The fourth-order valence-corrected chi connectivity index (χ4v) is 3.11. The van der Waals surface area contributed by atoms with E-state index < -0.39 is 23.5 Å². The van der Waals surface area contributed by atoms with Gasteiger partial charge in [-0.25, -0.2) is 0 Å². The van der Waals surface area contributed by atoms with Crippen LogP contribution in [0.5, 0.6) is 0 Å². The number of piperidine rings is 1. The van der Waals surface area contributed by atoms with Crippen LogP contribution in [0.2, 0.25) is 0 Å².